The predicted octanol–water partition coefficient (Wildman–Crippen LogP) is 3.21. The number of aliphatic imine (C=N–C) groups is 1. The van der Waals surface area contributed by atoms with Gasteiger partial charge in [0.15, 0.2) is 5.96 Å². The molecule has 2 aromatic rings. The summed E-state index contributed by atoms with van der Waals surface area (Å²) in [6.45, 7) is 4.42. The van der Waals surface area contributed by atoms with E-state index in [2.05, 4.69) is 37.0 Å². The fourth-order valence-electron chi connectivity index (χ4n) is 3.14. The zero-order valence-electron chi connectivity index (χ0n) is 13.9. The molecule has 0 saturated heterocycles. The summed E-state index contributed by atoms with van der Waals surface area (Å²) in [5.41, 5.74) is 15.7. The maximum atomic E-state index is 12.2. The van der Waals surface area contributed by atoms with Crippen LogP contribution in [0.25, 0.3) is 5.57 Å². The number of amides is 1. The Morgan fingerprint density at radius 1 is 1.08 bits per heavy atom. The van der Waals surface area contributed by atoms with E-state index >= 15 is 0 Å². The van der Waals surface area contributed by atoms with E-state index in [9.17, 15) is 4.79 Å². The molecule has 24 heavy (non-hydrogen) atoms. The zero-order valence-corrected chi connectivity index (χ0v) is 13.9. The van der Waals surface area contributed by atoms with Crippen molar-refractivity contribution in [2.45, 2.75) is 25.7 Å². The Bertz CT molecular complexity index is 844. The molecule has 4 heteroatoms. The first-order valence-electron chi connectivity index (χ1n) is 7.93. The van der Waals surface area contributed by atoms with Gasteiger partial charge >= 0.3 is 0 Å². The first kappa shape index (κ1) is 16.0. The average molecular weight is 319 g/mol. The van der Waals surface area contributed by atoms with E-state index in [1.165, 1.54) is 5.56 Å². The van der Waals surface area contributed by atoms with Gasteiger partial charge in [-0.15, -0.1) is 0 Å². The van der Waals surface area contributed by atoms with E-state index in [4.69, 9.17) is 11.5 Å². The first-order valence-corrected chi connectivity index (χ1v) is 7.93. The highest BCUT2D eigenvalue weighted by molar-refractivity contribution is 6.02. The van der Waals surface area contributed by atoms with Crippen molar-refractivity contribution >= 4 is 17.4 Å². The van der Waals surface area contributed by atoms with E-state index in [0.29, 0.717) is 5.56 Å². The lowest BCUT2D eigenvalue weighted by Crippen LogP contribution is -2.25. The molecule has 122 valence electrons. The van der Waals surface area contributed by atoms with E-state index in [1.807, 2.05) is 30.3 Å². The molecular formula is C20H21N3O. The van der Waals surface area contributed by atoms with E-state index in [0.717, 1.165) is 23.1 Å². The van der Waals surface area contributed by atoms with Gasteiger partial charge in [0.25, 0.3) is 5.91 Å². The SMILES string of the molecule is CC1(C)CC=C(c2ccccc2)c2cc(C(=O)N=C(N)N)ccc21. The second-order valence-electron chi connectivity index (χ2n) is 6.67. The lowest BCUT2D eigenvalue weighted by molar-refractivity contribution is 0.100. The number of carbonyl (C=O) groups excluding carboxylic acids is 1. The molecule has 0 saturated carbocycles. The van der Waals surface area contributed by atoms with Gasteiger partial charge < -0.3 is 11.5 Å². The normalized spacial score (nSPS) is 15.2. The number of nitrogens with zero attached hydrogens (tertiary/aromatic N) is 1. The number of benzene rings is 2. The lowest BCUT2D eigenvalue weighted by Gasteiger charge is -2.32. The molecule has 0 bridgehead atoms. The number of fused-ring (bicyclic) bond motifs is 1. The van der Waals surface area contributed by atoms with Crippen molar-refractivity contribution in [3.8, 4) is 0 Å². The van der Waals surface area contributed by atoms with Crippen LogP contribution in [0.3, 0.4) is 0 Å². The molecule has 0 spiro atoms. The van der Waals surface area contributed by atoms with Crippen molar-refractivity contribution in [2.24, 2.45) is 16.5 Å². The fraction of sp³-hybridized carbons (Fsp3) is 0.200. The van der Waals surface area contributed by atoms with Gasteiger partial charge in [0, 0.05) is 5.56 Å². The molecule has 1 aliphatic rings. The van der Waals surface area contributed by atoms with Crippen molar-refractivity contribution in [3.05, 3.63) is 76.9 Å². The Labute approximate surface area is 141 Å². The molecule has 0 radical (unpaired) electrons. The minimum Gasteiger partial charge on any atom is -0.370 e. The van der Waals surface area contributed by atoms with Crippen LogP contribution in [0.4, 0.5) is 0 Å². The summed E-state index contributed by atoms with van der Waals surface area (Å²) in [7, 11) is 0. The highest BCUT2D eigenvalue weighted by Gasteiger charge is 2.29. The summed E-state index contributed by atoms with van der Waals surface area (Å²) in [5.74, 6) is -0.648. The third kappa shape index (κ3) is 2.95. The highest BCUT2D eigenvalue weighted by atomic mass is 16.1. The molecule has 0 fully saturated rings. The number of guanidine groups is 1. The van der Waals surface area contributed by atoms with Gasteiger partial charge in [-0.1, -0.05) is 56.3 Å². The number of hydrogen-bond acceptors (Lipinski definition) is 1. The number of nitrogens with two attached hydrogens (primary N) is 2. The molecule has 0 aliphatic heterocycles. The van der Waals surface area contributed by atoms with Crippen molar-refractivity contribution < 1.29 is 4.79 Å². The van der Waals surface area contributed by atoms with Crippen LogP contribution in [-0.4, -0.2) is 11.9 Å². The molecule has 4 nitrogen and oxygen atoms in total. The van der Waals surface area contributed by atoms with Crippen molar-refractivity contribution in [2.75, 3.05) is 0 Å². The van der Waals surface area contributed by atoms with E-state index in [-0.39, 0.29) is 11.4 Å². The van der Waals surface area contributed by atoms with Crippen LogP contribution in [0.1, 0.15) is 47.3 Å². The second-order valence-corrected chi connectivity index (χ2v) is 6.67. The summed E-state index contributed by atoms with van der Waals surface area (Å²) in [5, 5.41) is 0. The van der Waals surface area contributed by atoms with Crippen molar-refractivity contribution in [1.29, 1.82) is 0 Å². The van der Waals surface area contributed by atoms with Gasteiger partial charge in [-0.3, -0.25) is 4.79 Å². The molecule has 0 atom stereocenters. The zero-order chi connectivity index (χ0) is 17.3. The van der Waals surface area contributed by atoms with Gasteiger partial charge in [-0.2, -0.15) is 4.99 Å². The van der Waals surface area contributed by atoms with Crippen LogP contribution < -0.4 is 11.5 Å². The molecule has 1 amide bonds. The Balaban J connectivity index is 2.15. The molecule has 2 aromatic carbocycles. The fourth-order valence-corrected chi connectivity index (χ4v) is 3.14. The molecule has 1 aliphatic carbocycles. The first-order chi connectivity index (χ1) is 11.4. The van der Waals surface area contributed by atoms with Crippen molar-refractivity contribution in [1.82, 2.24) is 0 Å². The molecule has 0 heterocycles. The minimum atomic E-state index is -0.423. The van der Waals surface area contributed by atoms with Gasteiger partial charge in [0.1, 0.15) is 0 Å². The third-order valence-electron chi connectivity index (χ3n) is 4.42. The van der Waals surface area contributed by atoms with Crippen LogP contribution in [0.5, 0.6) is 0 Å². The molecular weight excluding hydrogens is 298 g/mol. The van der Waals surface area contributed by atoms with Crippen LogP contribution in [0, 0.1) is 0 Å². The van der Waals surface area contributed by atoms with Crippen molar-refractivity contribution in [3.63, 3.8) is 0 Å². The minimum absolute atomic E-state index is 0.0192. The van der Waals surface area contributed by atoms with Crippen LogP contribution in [0.15, 0.2) is 59.6 Å². The molecule has 0 aromatic heterocycles. The van der Waals surface area contributed by atoms with Crippen LogP contribution in [-0.2, 0) is 5.41 Å². The Kier molecular flexibility index (Phi) is 3.97. The second kappa shape index (κ2) is 5.96. The maximum absolute atomic E-state index is 12.2. The van der Waals surface area contributed by atoms with Crippen LogP contribution >= 0.6 is 0 Å². The Morgan fingerprint density at radius 3 is 2.46 bits per heavy atom. The summed E-state index contributed by atoms with van der Waals surface area (Å²) < 4.78 is 0. The summed E-state index contributed by atoms with van der Waals surface area (Å²) in [4.78, 5) is 15.8. The van der Waals surface area contributed by atoms with Crippen LogP contribution in [0.2, 0.25) is 0 Å². The van der Waals surface area contributed by atoms with Gasteiger partial charge in [0.05, 0.1) is 0 Å². The molecule has 3 rings (SSSR count). The van der Waals surface area contributed by atoms with Gasteiger partial charge in [-0.25, -0.2) is 0 Å². The average Bonchev–Trinajstić information content (AvgIpc) is 2.54. The molecule has 0 unspecified atom stereocenters. The quantitative estimate of drug-likeness (QED) is 0.658. The number of rotatable bonds is 2. The summed E-state index contributed by atoms with van der Waals surface area (Å²) >= 11 is 0. The summed E-state index contributed by atoms with van der Waals surface area (Å²) in [6.07, 6.45) is 3.19. The number of allylic oxidation sites excluding steroid dienone is 1. The Hall–Kier alpha value is -2.88. The van der Waals surface area contributed by atoms with Gasteiger partial charge in [0.2, 0.25) is 0 Å². The lowest BCUT2D eigenvalue weighted by atomic mass is 9.72. The molecule has 4 N–H and O–H groups in total. The highest BCUT2D eigenvalue weighted by Crippen LogP contribution is 2.41. The standard InChI is InChI=1S/C20H21N3O/c1-20(2)11-10-15(13-6-4-3-5-7-13)16-12-14(8-9-17(16)20)18(24)23-19(21)22/h3-10,12H,11H2,1-2H3,(H4,21,22,23,24). The number of carbonyl (C=O) groups is 1. The largest absolute Gasteiger partial charge is 0.370 e. The van der Waals surface area contributed by atoms with E-state index < -0.39 is 5.91 Å². The predicted molar refractivity (Wildman–Crippen MR) is 97.7 cm³/mol. The van der Waals surface area contributed by atoms with Gasteiger partial charge in [-0.05, 0) is 46.2 Å². The smallest absolute Gasteiger partial charge is 0.280 e. The maximum Gasteiger partial charge on any atom is 0.280 e. The number of hydrogen-bond donors (Lipinski definition) is 2. The Morgan fingerprint density at radius 2 is 1.79 bits per heavy atom. The van der Waals surface area contributed by atoms with E-state index in [1.54, 1.807) is 6.07 Å². The topological polar surface area (TPSA) is 81.5 Å². The third-order valence-corrected chi connectivity index (χ3v) is 4.42. The summed E-state index contributed by atoms with van der Waals surface area (Å²) in [6, 6.07) is 15.9. The monoisotopic (exact) mass is 319 g/mol.